The van der Waals surface area contributed by atoms with Crippen LogP contribution in [0.4, 0.5) is 0 Å². The molecular formula is H6O4SSi3. The lowest BCUT2D eigenvalue weighted by Crippen LogP contribution is -2.01. The van der Waals surface area contributed by atoms with Gasteiger partial charge in [-0.05, 0) is 0 Å². The second-order valence-electron chi connectivity index (χ2n) is 0.930. The first kappa shape index (κ1) is 8.39. The fourth-order valence-corrected chi connectivity index (χ4v) is 4.09. The normalized spacial score (nSPS) is 10.5. The average molecular weight is 186 g/mol. The van der Waals surface area contributed by atoms with Crippen LogP contribution in [0.25, 0.3) is 0 Å². The largest absolute Gasteiger partial charge is 0.449 e. The highest BCUT2D eigenvalue weighted by atomic mass is 32.3. The SMILES string of the molecule is O=S(=O)=[SiH]O[SiH2]O[SiH3]. The third-order valence-corrected chi connectivity index (χ3v) is 4.22. The van der Waals surface area contributed by atoms with Gasteiger partial charge in [0.2, 0.25) is 0 Å². The van der Waals surface area contributed by atoms with Crippen molar-refractivity contribution in [2.45, 2.75) is 0 Å². The van der Waals surface area contributed by atoms with Crippen LogP contribution in [0.1, 0.15) is 0 Å². The van der Waals surface area contributed by atoms with Crippen LogP contribution in [-0.4, -0.2) is 37.4 Å². The van der Waals surface area contributed by atoms with Gasteiger partial charge in [-0.3, -0.25) is 0 Å². The summed E-state index contributed by atoms with van der Waals surface area (Å²) >= 11 is 0. The van der Waals surface area contributed by atoms with E-state index in [-0.39, 0.29) is 0 Å². The highest BCUT2D eigenvalue weighted by Crippen LogP contribution is 1.57. The molecule has 0 aliphatic rings. The van der Waals surface area contributed by atoms with E-state index in [2.05, 4.69) is 4.12 Å². The molecule has 0 fully saturated rings. The molecule has 0 amide bonds. The molecular weight excluding hydrogens is 180 g/mol. The van der Waals surface area contributed by atoms with Crippen molar-refractivity contribution < 1.29 is 16.6 Å². The van der Waals surface area contributed by atoms with E-state index in [9.17, 15) is 8.42 Å². The molecule has 0 spiro atoms. The van der Waals surface area contributed by atoms with E-state index in [0.29, 0.717) is 10.5 Å². The number of hydrogen-bond acceptors (Lipinski definition) is 4. The minimum Gasteiger partial charge on any atom is -0.449 e. The van der Waals surface area contributed by atoms with E-state index >= 15 is 0 Å². The van der Waals surface area contributed by atoms with E-state index in [1.54, 1.807) is 0 Å². The van der Waals surface area contributed by atoms with Crippen molar-refractivity contribution in [3.05, 3.63) is 0 Å². The molecule has 0 unspecified atom stereocenters. The molecule has 8 heteroatoms. The predicted molar refractivity (Wildman–Crippen MR) is 36.7 cm³/mol. The van der Waals surface area contributed by atoms with E-state index in [4.69, 9.17) is 4.12 Å². The molecule has 8 heavy (non-hydrogen) atoms. The van der Waals surface area contributed by atoms with Crippen molar-refractivity contribution in [1.82, 2.24) is 0 Å². The van der Waals surface area contributed by atoms with Crippen LogP contribution in [0.15, 0.2) is 0 Å². The summed E-state index contributed by atoms with van der Waals surface area (Å²) in [5.41, 5.74) is 0. The van der Waals surface area contributed by atoms with Crippen molar-refractivity contribution in [1.29, 1.82) is 0 Å². The lowest BCUT2D eigenvalue weighted by Gasteiger charge is -1.87. The summed E-state index contributed by atoms with van der Waals surface area (Å²) in [5.74, 6) is 0. The molecule has 0 aromatic heterocycles. The van der Waals surface area contributed by atoms with Crippen LogP contribution in [0, 0.1) is 0 Å². The molecule has 0 aromatic carbocycles. The van der Waals surface area contributed by atoms with Gasteiger partial charge in [-0.25, -0.2) is 0 Å². The highest BCUT2D eigenvalue weighted by molar-refractivity contribution is 7.78. The number of hydrogen-bond donors (Lipinski definition) is 0. The summed E-state index contributed by atoms with van der Waals surface area (Å²) in [7, 11) is -3.11. The smallest absolute Gasteiger partial charge is 0.301 e. The van der Waals surface area contributed by atoms with Crippen molar-refractivity contribution >= 4 is 38.7 Å². The van der Waals surface area contributed by atoms with Crippen molar-refractivity contribution in [3.63, 3.8) is 0 Å². The molecule has 4 nitrogen and oxygen atoms in total. The van der Waals surface area contributed by atoms with E-state index < -0.39 is 28.2 Å². The average Bonchev–Trinajstić information content (AvgIpc) is 1.66. The van der Waals surface area contributed by atoms with Crippen LogP contribution in [0.2, 0.25) is 0 Å². The zero-order valence-electron chi connectivity index (χ0n) is 4.33. The van der Waals surface area contributed by atoms with Gasteiger partial charge in [-0.2, -0.15) is 8.42 Å². The van der Waals surface area contributed by atoms with Crippen molar-refractivity contribution in [3.8, 4) is 0 Å². The molecule has 0 aromatic rings. The fourth-order valence-electron chi connectivity index (χ4n) is 0.151. The molecule has 0 aliphatic carbocycles. The zero-order valence-corrected chi connectivity index (χ0v) is 9.71. The standard InChI is InChI=1S/H6O4SSi3/c1-5(2)8-4-7-3-6/h8H,7H2,6H3. The maximum Gasteiger partial charge on any atom is 0.301 e. The fraction of sp³-hybridized carbons (Fsp3) is 0. The Hall–Kier alpha value is 0.391. The van der Waals surface area contributed by atoms with Gasteiger partial charge in [0.15, 0.2) is 9.70 Å². The van der Waals surface area contributed by atoms with Gasteiger partial charge in [-0.1, -0.05) is 0 Å². The molecule has 0 aliphatic heterocycles. The summed E-state index contributed by atoms with van der Waals surface area (Å²) < 4.78 is 28.9. The Labute approximate surface area is 55.8 Å². The van der Waals surface area contributed by atoms with Crippen LogP contribution in [-0.2, 0) is 17.9 Å². The van der Waals surface area contributed by atoms with Gasteiger partial charge in [0, 0.05) is 0 Å². The molecule has 0 bridgehead atoms. The second kappa shape index (κ2) is 5.53. The third kappa shape index (κ3) is 6.39. The van der Waals surface area contributed by atoms with Crippen LogP contribution in [0.5, 0.6) is 0 Å². The first-order valence-electron chi connectivity index (χ1n) is 1.79. The van der Waals surface area contributed by atoms with Crippen LogP contribution in [0.3, 0.4) is 0 Å². The quantitative estimate of drug-likeness (QED) is 0.338. The predicted octanol–water partition coefficient (Wildman–Crippen LogP) is -3.56. The Balaban J connectivity index is 3.31. The maximum atomic E-state index is 9.76. The molecule has 0 saturated heterocycles. The molecule has 0 heterocycles. The Morgan fingerprint density at radius 3 is 2.62 bits per heavy atom. The Bertz CT molecular complexity index is 148. The Morgan fingerprint density at radius 2 is 2.25 bits per heavy atom. The maximum absolute atomic E-state index is 9.76. The Morgan fingerprint density at radius 1 is 1.62 bits per heavy atom. The Kier molecular flexibility index (Phi) is 5.80. The van der Waals surface area contributed by atoms with Gasteiger partial charge < -0.3 is 8.23 Å². The second-order valence-corrected chi connectivity index (χ2v) is 7.25. The minimum atomic E-state index is -1.99. The summed E-state index contributed by atoms with van der Waals surface area (Å²) in [6.07, 6.45) is 0. The third-order valence-electron chi connectivity index (χ3n) is 0.333. The molecule has 0 radical (unpaired) electrons. The lowest BCUT2D eigenvalue weighted by atomic mass is 15.8. The topological polar surface area (TPSA) is 52.6 Å². The van der Waals surface area contributed by atoms with E-state index in [1.165, 1.54) is 0 Å². The van der Waals surface area contributed by atoms with E-state index in [0.717, 1.165) is 0 Å². The number of rotatable bonds is 3. The van der Waals surface area contributed by atoms with Gasteiger partial charge in [-0.15, -0.1) is 0 Å². The molecule has 0 N–H and O–H groups in total. The minimum absolute atomic E-state index is 0.648. The zero-order chi connectivity index (χ0) is 6.41. The van der Waals surface area contributed by atoms with Crippen LogP contribution < -0.4 is 0 Å². The first-order chi connectivity index (χ1) is 3.77. The van der Waals surface area contributed by atoms with Gasteiger partial charge in [0.05, 0.1) is 0 Å². The summed E-state index contributed by atoms with van der Waals surface area (Å²) in [5, 5.41) is 0. The summed E-state index contributed by atoms with van der Waals surface area (Å²) in [6.45, 7) is 0. The monoisotopic (exact) mass is 186 g/mol. The highest BCUT2D eigenvalue weighted by Gasteiger charge is 1.77. The van der Waals surface area contributed by atoms with E-state index in [1.807, 2.05) is 0 Å². The molecule has 0 atom stereocenters. The van der Waals surface area contributed by atoms with Crippen LogP contribution >= 0.6 is 0 Å². The summed E-state index contributed by atoms with van der Waals surface area (Å²) in [4.78, 5) is 0. The first-order valence-corrected chi connectivity index (χ1v) is 6.79. The van der Waals surface area contributed by atoms with Crippen molar-refractivity contribution in [2.24, 2.45) is 0 Å². The molecule has 0 rings (SSSR count). The summed E-state index contributed by atoms with van der Waals surface area (Å²) in [6, 6.07) is 0. The van der Waals surface area contributed by atoms with Crippen molar-refractivity contribution in [2.75, 3.05) is 0 Å². The molecule has 48 valence electrons. The lowest BCUT2D eigenvalue weighted by molar-refractivity contribution is 0.510. The van der Waals surface area contributed by atoms with Gasteiger partial charge >= 0.3 is 8.47 Å². The molecule has 0 saturated carbocycles. The van der Waals surface area contributed by atoms with Gasteiger partial charge in [0.25, 0.3) is 10.0 Å². The van der Waals surface area contributed by atoms with Gasteiger partial charge in [0.1, 0.15) is 10.5 Å².